The number of nitrogens with two attached hydrogens (primary N) is 1. The predicted molar refractivity (Wildman–Crippen MR) is 70.7 cm³/mol. The first-order valence-electron chi connectivity index (χ1n) is 6.27. The Hall–Kier alpha value is -0.980. The largest absolute Gasteiger partial charge is 0.398 e. The minimum Gasteiger partial charge on any atom is -0.398 e. The Balaban J connectivity index is 2.33. The van der Waals surface area contributed by atoms with Crippen LogP contribution in [0.3, 0.4) is 0 Å². The molecular formula is C15H23N. The molecule has 1 heteroatoms. The molecule has 2 rings (SSSR count). The topological polar surface area (TPSA) is 26.0 Å². The van der Waals surface area contributed by atoms with Crippen LogP contribution < -0.4 is 5.73 Å². The zero-order chi connectivity index (χ0) is 11.9. The van der Waals surface area contributed by atoms with E-state index in [2.05, 4.69) is 39.8 Å². The first-order chi connectivity index (χ1) is 7.38. The van der Waals surface area contributed by atoms with Crippen molar-refractivity contribution >= 4 is 5.69 Å². The Bertz CT molecular complexity index is 387. The van der Waals surface area contributed by atoms with Crippen LogP contribution in [0, 0.1) is 5.41 Å². The zero-order valence-electron chi connectivity index (χ0n) is 10.9. The van der Waals surface area contributed by atoms with Crippen molar-refractivity contribution in [2.24, 2.45) is 5.41 Å². The van der Waals surface area contributed by atoms with Gasteiger partial charge in [-0.2, -0.15) is 0 Å². The van der Waals surface area contributed by atoms with Crippen LogP contribution >= 0.6 is 0 Å². The van der Waals surface area contributed by atoms with Crippen LogP contribution in [0.1, 0.15) is 63.5 Å². The first-order valence-corrected chi connectivity index (χ1v) is 6.27. The maximum Gasteiger partial charge on any atom is 0.0352 e. The van der Waals surface area contributed by atoms with Crippen LogP contribution in [-0.2, 0) is 0 Å². The van der Waals surface area contributed by atoms with Crippen molar-refractivity contribution in [3.8, 4) is 0 Å². The van der Waals surface area contributed by atoms with Crippen LogP contribution in [0.15, 0.2) is 18.2 Å². The molecule has 0 amide bonds. The quantitative estimate of drug-likeness (QED) is 0.697. The summed E-state index contributed by atoms with van der Waals surface area (Å²) in [7, 11) is 0. The summed E-state index contributed by atoms with van der Waals surface area (Å²) in [6, 6.07) is 6.41. The SMILES string of the molecule is C[C@@H]1C[C@H](CC(C)(C)C)c2cccc(N)c21. The van der Waals surface area contributed by atoms with Crippen molar-refractivity contribution < 1.29 is 0 Å². The van der Waals surface area contributed by atoms with Gasteiger partial charge in [0.1, 0.15) is 0 Å². The van der Waals surface area contributed by atoms with E-state index in [1.165, 1.54) is 24.0 Å². The normalized spacial score (nSPS) is 24.5. The van der Waals surface area contributed by atoms with Crippen molar-refractivity contribution in [2.45, 2.75) is 52.4 Å². The Labute approximate surface area is 99.0 Å². The van der Waals surface area contributed by atoms with Gasteiger partial charge >= 0.3 is 0 Å². The summed E-state index contributed by atoms with van der Waals surface area (Å²) in [6.07, 6.45) is 2.52. The minimum atomic E-state index is 0.399. The van der Waals surface area contributed by atoms with Gasteiger partial charge in [0.15, 0.2) is 0 Å². The van der Waals surface area contributed by atoms with Gasteiger partial charge in [-0.15, -0.1) is 0 Å². The summed E-state index contributed by atoms with van der Waals surface area (Å²) in [6.45, 7) is 9.27. The van der Waals surface area contributed by atoms with Gasteiger partial charge in [-0.05, 0) is 47.3 Å². The molecule has 0 saturated carbocycles. The van der Waals surface area contributed by atoms with Crippen LogP contribution in [0.5, 0.6) is 0 Å². The molecule has 0 bridgehead atoms. The standard InChI is InChI=1S/C15H23N/c1-10-8-11(9-15(2,3)4)12-6-5-7-13(16)14(10)12/h5-7,10-11H,8-9,16H2,1-4H3/t10-,11-/m1/s1. The van der Waals surface area contributed by atoms with Crippen LogP contribution in [0.25, 0.3) is 0 Å². The highest BCUT2D eigenvalue weighted by molar-refractivity contribution is 5.56. The van der Waals surface area contributed by atoms with Crippen LogP contribution in [0.2, 0.25) is 0 Å². The summed E-state index contributed by atoms with van der Waals surface area (Å²) < 4.78 is 0. The van der Waals surface area contributed by atoms with E-state index >= 15 is 0 Å². The number of nitrogen functional groups attached to an aromatic ring is 1. The van der Waals surface area contributed by atoms with E-state index in [1.807, 2.05) is 6.07 Å². The second kappa shape index (κ2) is 3.80. The monoisotopic (exact) mass is 217 g/mol. The van der Waals surface area contributed by atoms with Gasteiger partial charge in [-0.25, -0.2) is 0 Å². The molecule has 0 radical (unpaired) electrons. The molecule has 0 spiro atoms. The summed E-state index contributed by atoms with van der Waals surface area (Å²) in [5, 5.41) is 0. The average molecular weight is 217 g/mol. The fourth-order valence-electron chi connectivity index (χ4n) is 3.13. The highest BCUT2D eigenvalue weighted by Gasteiger charge is 2.32. The van der Waals surface area contributed by atoms with Gasteiger partial charge < -0.3 is 5.73 Å². The van der Waals surface area contributed by atoms with Gasteiger partial charge in [0.05, 0.1) is 0 Å². The minimum absolute atomic E-state index is 0.399. The molecule has 0 aromatic heterocycles. The van der Waals surface area contributed by atoms with E-state index < -0.39 is 0 Å². The van der Waals surface area contributed by atoms with E-state index in [0.717, 1.165) is 5.69 Å². The number of anilines is 1. The molecule has 0 unspecified atom stereocenters. The molecular weight excluding hydrogens is 194 g/mol. The van der Waals surface area contributed by atoms with Crippen molar-refractivity contribution in [2.75, 3.05) is 5.73 Å². The zero-order valence-corrected chi connectivity index (χ0v) is 10.9. The van der Waals surface area contributed by atoms with Gasteiger partial charge in [0.2, 0.25) is 0 Å². The van der Waals surface area contributed by atoms with Gasteiger partial charge in [0.25, 0.3) is 0 Å². The fraction of sp³-hybridized carbons (Fsp3) is 0.600. The molecule has 2 atom stereocenters. The van der Waals surface area contributed by atoms with Crippen molar-refractivity contribution in [3.63, 3.8) is 0 Å². The Morgan fingerprint density at radius 1 is 1.31 bits per heavy atom. The van der Waals surface area contributed by atoms with E-state index in [4.69, 9.17) is 5.73 Å². The second-order valence-corrected chi connectivity index (χ2v) is 6.45. The molecule has 0 saturated heterocycles. The third kappa shape index (κ3) is 2.09. The third-order valence-corrected chi connectivity index (χ3v) is 3.60. The van der Waals surface area contributed by atoms with Crippen molar-refractivity contribution in [3.05, 3.63) is 29.3 Å². The van der Waals surface area contributed by atoms with E-state index in [0.29, 0.717) is 17.3 Å². The molecule has 2 N–H and O–H groups in total. The third-order valence-electron chi connectivity index (χ3n) is 3.60. The number of hydrogen-bond donors (Lipinski definition) is 1. The van der Waals surface area contributed by atoms with Crippen LogP contribution in [-0.4, -0.2) is 0 Å². The second-order valence-electron chi connectivity index (χ2n) is 6.45. The number of benzene rings is 1. The fourth-order valence-corrected chi connectivity index (χ4v) is 3.13. The number of rotatable bonds is 1. The maximum atomic E-state index is 6.09. The summed E-state index contributed by atoms with van der Waals surface area (Å²) in [5.41, 5.74) is 10.4. The molecule has 1 nitrogen and oxygen atoms in total. The number of hydrogen-bond acceptors (Lipinski definition) is 1. The summed E-state index contributed by atoms with van der Waals surface area (Å²) in [4.78, 5) is 0. The molecule has 1 aromatic carbocycles. The van der Waals surface area contributed by atoms with E-state index in [9.17, 15) is 0 Å². The number of fused-ring (bicyclic) bond motifs is 1. The van der Waals surface area contributed by atoms with E-state index in [-0.39, 0.29) is 0 Å². The Kier molecular flexibility index (Phi) is 2.73. The summed E-state index contributed by atoms with van der Waals surface area (Å²) >= 11 is 0. The highest BCUT2D eigenvalue weighted by atomic mass is 14.6. The molecule has 88 valence electrons. The molecule has 1 aliphatic rings. The molecule has 1 aliphatic carbocycles. The highest BCUT2D eigenvalue weighted by Crippen LogP contribution is 2.48. The summed E-state index contributed by atoms with van der Waals surface area (Å²) in [5.74, 6) is 1.33. The van der Waals surface area contributed by atoms with Crippen LogP contribution in [0.4, 0.5) is 5.69 Å². The lowest BCUT2D eigenvalue weighted by Crippen LogP contribution is -2.10. The molecule has 0 heterocycles. The van der Waals surface area contributed by atoms with Crippen molar-refractivity contribution in [1.82, 2.24) is 0 Å². The van der Waals surface area contributed by atoms with E-state index in [1.54, 1.807) is 0 Å². The van der Waals surface area contributed by atoms with Gasteiger partial charge in [0, 0.05) is 5.69 Å². The maximum absolute atomic E-state index is 6.09. The molecule has 16 heavy (non-hydrogen) atoms. The average Bonchev–Trinajstić information content (AvgIpc) is 2.42. The molecule has 0 fully saturated rings. The molecule has 0 aliphatic heterocycles. The first kappa shape index (κ1) is 11.5. The predicted octanol–water partition coefficient (Wildman–Crippen LogP) is 4.30. The molecule has 1 aromatic rings. The van der Waals surface area contributed by atoms with Gasteiger partial charge in [-0.3, -0.25) is 0 Å². The lowest BCUT2D eigenvalue weighted by atomic mass is 9.82. The van der Waals surface area contributed by atoms with Gasteiger partial charge in [-0.1, -0.05) is 39.8 Å². The van der Waals surface area contributed by atoms with Crippen molar-refractivity contribution in [1.29, 1.82) is 0 Å². The lowest BCUT2D eigenvalue weighted by molar-refractivity contribution is 0.334. The smallest absolute Gasteiger partial charge is 0.0352 e. The Morgan fingerprint density at radius 3 is 2.62 bits per heavy atom. The Morgan fingerprint density at radius 2 is 2.00 bits per heavy atom. The lowest BCUT2D eigenvalue weighted by Gasteiger charge is -2.23.